The fraction of sp³-hybridized carbons (Fsp3) is 0.897. The van der Waals surface area contributed by atoms with E-state index in [1.807, 2.05) is 20.8 Å². The monoisotopic (exact) mass is 609 g/mol. The molecule has 0 spiro atoms. The average molecular weight is 610 g/mol. The van der Waals surface area contributed by atoms with E-state index >= 15 is 0 Å². The Balaban J connectivity index is 3.15. The predicted molar refractivity (Wildman–Crippen MR) is 156 cm³/mol. The van der Waals surface area contributed by atoms with E-state index in [0.29, 0.717) is 139 Å². The van der Waals surface area contributed by atoms with Crippen molar-refractivity contribution in [3.05, 3.63) is 0 Å². The van der Waals surface area contributed by atoms with Crippen LogP contribution in [0.25, 0.3) is 0 Å². The number of hydrogen-bond donors (Lipinski definition) is 0. The Morgan fingerprint density at radius 2 is 0.786 bits per heavy atom. The summed E-state index contributed by atoms with van der Waals surface area (Å²) in [6, 6.07) is 0. The van der Waals surface area contributed by atoms with Gasteiger partial charge in [-0.15, -0.1) is 6.42 Å². The number of carbonyl (C=O) groups excluding carboxylic acids is 1. The number of hydrogen-bond acceptors (Lipinski definition) is 12. The molecule has 0 heterocycles. The number of rotatable bonds is 31. The molecule has 42 heavy (non-hydrogen) atoms. The molecule has 13 nitrogen and oxygen atoms in total. The third-order valence-electron chi connectivity index (χ3n) is 4.81. The molecule has 0 bridgehead atoms. The first kappa shape index (κ1) is 40.4. The molecule has 13 heteroatoms. The quantitative estimate of drug-likeness (QED) is 0.0839. The van der Waals surface area contributed by atoms with Crippen LogP contribution in [0, 0.1) is 12.3 Å². The molecule has 0 aliphatic rings. The topological polar surface area (TPSA) is 122 Å². The third-order valence-corrected chi connectivity index (χ3v) is 4.81. The SMILES string of the molecule is C#CCOCCOCCOCCOCCOCCOCCOCCOCCOCCOCCN(C)C(=O)OC(C)(C)C. The minimum absolute atomic E-state index is 0.305. The van der Waals surface area contributed by atoms with Crippen molar-refractivity contribution >= 4 is 6.09 Å². The van der Waals surface area contributed by atoms with Gasteiger partial charge in [-0.3, -0.25) is 0 Å². The van der Waals surface area contributed by atoms with Gasteiger partial charge in [-0.1, -0.05) is 5.92 Å². The van der Waals surface area contributed by atoms with E-state index in [1.54, 1.807) is 7.05 Å². The Hall–Kier alpha value is -1.57. The lowest BCUT2D eigenvalue weighted by molar-refractivity contribution is -0.0263. The standard InChI is InChI=1S/C29H55NO12/c1-6-8-32-10-12-34-14-16-36-18-20-38-22-24-40-26-27-41-25-23-39-21-19-37-17-15-35-13-11-33-9-7-30(5)28(31)42-29(2,3)4/h1H,7-27H2,2-5H3. The number of ether oxygens (including phenoxy) is 11. The molecule has 0 atom stereocenters. The fourth-order valence-corrected chi connectivity index (χ4v) is 2.74. The van der Waals surface area contributed by atoms with Crippen LogP contribution in [0.15, 0.2) is 0 Å². The molecular formula is C29H55NO12. The van der Waals surface area contributed by atoms with Crippen LogP contribution in [0.5, 0.6) is 0 Å². The number of likely N-dealkylation sites (N-methyl/N-ethyl adjacent to an activating group) is 1. The minimum Gasteiger partial charge on any atom is -0.444 e. The molecule has 0 N–H and O–H groups in total. The summed E-state index contributed by atoms with van der Waals surface area (Å²) in [5.41, 5.74) is -0.509. The lowest BCUT2D eigenvalue weighted by Gasteiger charge is -2.24. The molecule has 0 rings (SSSR count). The van der Waals surface area contributed by atoms with Crippen molar-refractivity contribution in [2.24, 2.45) is 0 Å². The van der Waals surface area contributed by atoms with Crippen molar-refractivity contribution in [3.63, 3.8) is 0 Å². The van der Waals surface area contributed by atoms with Crippen molar-refractivity contribution in [1.29, 1.82) is 0 Å². The van der Waals surface area contributed by atoms with Crippen LogP contribution in [0.4, 0.5) is 4.79 Å². The van der Waals surface area contributed by atoms with Gasteiger partial charge in [-0.25, -0.2) is 4.79 Å². The first-order chi connectivity index (χ1) is 20.4. The van der Waals surface area contributed by atoms with Gasteiger partial charge in [0.15, 0.2) is 0 Å². The second-order valence-electron chi connectivity index (χ2n) is 9.67. The summed E-state index contributed by atoms with van der Waals surface area (Å²) in [4.78, 5) is 13.3. The van der Waals surface area contributed by atoms with Gasteiger partial charge in [0.2, 0.25) is 0 Å². The zero-order valence-electron chi connectivity index (χ0n) is 26.3. The Morgan fingerprint density at radius 3 is 1.05 bits per heavy atom. The number of carbonyl (C=O) groups is 1. The molecule has 0 aromatic heterocycles. The highest BCUT2D eigenvalue weighted by Gasteiger charge is 2.19. The van der Waals surface area contributed by atoms with Crippen molar-refractivity contribution < 1.29 is 56.9 Å². The summed E-state index contributed by atoms with van der Waals surface area (Å²) in [5.74, 6) is 2.39. The lowest BCUT2D eigenvalue weighted by Crippen LogP contribution is -2.36. The van der Waals surface area contributed by atoms with Gasteiger partial charge in [0.05, 0.1) is 126 Å². The Morgan fingerprint density at radius 1 is 0.524 bits per heavy atom. The maximum absolute atomic E-state index is 11.8. The molecule has 0 aromatic carbocycles. The van der Waals surface area contributed by atoms with Crippen molar-refractivity contribution in [2.45, 2.75) is 26.4 Å². The molecule has 0 saturated carbocycles. The molecule has 0 aliphatic heterocycles. The molecule has 0 radical (unpaired) electrons. The highest BCUT2D eigenvalue weighted by atomic mass is 16.6. The van der Waals surface area contributed by atoms with Gasteiger partial charge in [-0.05, 0) is 20.8 Å². The lowest BCUT2D eigenvalue weighted by atomic mass is 10.2. The van der Waals surface area contributed by atoms with Crippen LogP contribution in [0.3, 0.4) is 0 Å². The number of amides is 1. The average Bonchev–Trinajstić information content (AvgIpc) is 2.95. The highest BCUT2D eigenvalue weighted by Crippen LogP contribution is 2.08. The van der Waals surface area contributed by atoms with Crippen LogP contribution in [-0.2, 0) is 52.1 Å². The normalized spacial score (nSPS) is 11.5. The highest BCUT2D eigenvalue weighted by molar-refractivity contribution is 5.67. The maximum atomic E-state index is 11.8. The van der Waals surface area contributed by atoms with E-state index in [2.05, 4.69) is 5.92 Å². The zero-order chi connectivity index (χ0) is 31.0. The largest absolute Gasteiger partial charge is 0.444 e. The van der Waals surface area contributed by atoms with Crippen LogP contribution in [-0.4, -0.2) is 162 Å². The summed E-state index contributed by atoms with van der Waals surface area (Å²) in [5, 5.41) is 0. The summed E-state index contributed by atoms with van der Waals surface area (Å²) < 4.78 is 59.3. The first-order valence-corrected chi connectivity index (χ1v) is 14.5. The molecule has 0 unspecified atom stereocenters. The van der Waals surface area contributed by atoms with Gasteiger partial charge in [-0.2, -0.15) is 0 Å². The van der Waals surface area contributed by atoms with Gasteiger partial charge in [0.1, 0.15) is 12.2 Å². The number of terminal acetylenes is 1. The van der Waals surface area contributed by atoms with E-state index in [-0.39, 0.29) is 6.09 Å². The molecule has 0 aliphatic carbocycles. The summed E-state index contributed by atoms with van der Waals surface area (Å²) >= 11 is 0. The Kier molecular flexibility index (Phi) is 29.7. The Labute approximate surface area is 252 Å². The van der Waals surface area contributed by atoms with Crippen LogP contribution in [0.2, 0.25) is 0 Å². The van der Waals surface area contributed by atoms with Gasteiger partial charge in [0, 0.05) is 13.6 Å². The molecular weight excluding hydrogens is 554 g/mol. The van der Waals surface area contributed by atoms with Crippen molar-refractivity contribution in [3.8, 4) is 12.3 Å². The molecule has 0 aromatic rings. The second-order valence-corrected chi connectivity index (χ2v) is 9.67. The smallest absolute Gasteiger partial charge is 0.410 e. The summed E-state index contributed by atoms with van der Waals surface area (Å²) in [6.45, 7) is 15.5. The fourth-order valence-electron chi connectivity index (χ4n) is 2.74. The molecule has 0 fully saturated rings. The van der Waals surface area contributed by atoms with Crippen molar-refractivity contribution in [2.75, 3.05) is 146 Å². The summed E-state index contributed by atoms with van der Waals surface area (Å²) in [6.07, 6.45) is 4.71. The number of nitrogens with zero attached hydrogens (tertiary/aromatic N) is 1. The molecule has 1 amide bonds. The summed E-state index contributed by atoms with van der Waals surface area (Å²) in [7, 11) is 1.68. The van der Waals surface area contributed by atoms with Gasteiger partial charge in [0.25, 0.3) is 0 Å². The second kappa shape index (κ2) is 30.9. The van der Waals surface area contributed by atoms with Crippen LogP contribution in [0.1, 0.15) is 20.8 Å². The first-order valence-electron chi connectivity index (χ1n) is 14.5. The van der Waals surface area contributed by atoms with Gasteiger partial charge < -0.3 is 57.0 Å². The van der Waals surface area contributed by atoms with Crippen LogP contribution < -0.4 is 0 Å². The zero-order valence-corrected chi connectivity index (χ0v) is 26.3. The minimum atomic E-state index is -0.509. The maximum Gasteiger partial charge on any atom is 0.410 e. The van der Waals surface area contributed by atoms with E-state index in [1.165, 1.54) is 4.90 Å². The molecule has 248 valence electrons. The predicted octanol–water partition coefficient (Wildman–Crippen LogP) is 1.65. The van der Waals surface area contributed by atoms with Crippen LogP contribution >= 0.6 is 0 Å². The molecule has 0 saturated heterocycles. The van der Waals surface area contributed by atoms with Gasteiger partial charge >= 0.3 is 6.09 Å². The van der Waals surface area contributed by atoms with E-state index in [4.69, 9.17) is 58.5 Å². The van der Waals surface area contributed by atoms with Crippen molar-refractivity contribution in [1.82, 2.24) is 4.90 Å². The van der Waals surface area contributed by atoms with E-state index in [9.17, 15) is 4.79 Å². The third kappa shape index (κ3) is 32.9. The Bertz CT molecular complexity index is 627. The van der Waals surface area contributed by atoms with E-state index < -0.39 is 5.60 Å². The van der Waals surface area contributed by atoms with E-state index in [0.717, 1.165) is 0 Å².